The number of rotatable bonds is 5. The number of likely N-dealkylation sites (tertiary alicyclic amines) is 2. The van der Waals surface area contributed by atoms with Crippen molar-refractivity contribution < 1.29 is 19.4 Å². The van der Waals surface area contributed by atoms with Gasteiger partial charge in [-0.05, 0) is 55.3 Å². The fraction of sp³-hybridized carbons (Fsp3) is 0.571. The molecule has 5 rings (SSSR count). The van der Waals surface area contributed by atoms with Gasteiger partial charge in [-0.15, -0.1) is 10.2 Å². The second-order valence-electron chi connectivity index (χ2n) is 8.91. The SMILES string of the molecule is CC1=C(N2CCC3(CCN(CCc4nnc(-n5cnnn5)cc4C)CC3O)C2=O)COC1=O. The molecule has 0 bridgehead atoms. The molecule has 2 fully saturated rings. The molecule has 5 heterocycles. The van der Waals surface area contributed by atoms with Crippen molar-refractivity contribution in [2.45, 2.75) is 39.2 Å². The van der Waals surface area contributed by atoms with E-state index in [9.17, 15) is 14.7 Å². The van der Waals surface area contributed by atoms with Gasteiger partial charge < -0.3 is 19.6 Å². The lowest BCUT2D eigenvalue weighted by Crippen LogP contribution is -2.54. The molecule has 1 N–H and O–H groups in total. The monoisotopic (exact) mass is 454 g/mol. The zero-order chi connectivity index (χ0) is 23.2. The minimum absolute atomic E-state index is 0.0952. The molecule has 0 radical (unpaired) electrons. The summed E-state index contributed by atoms with van der Waals surface area (Å²) in [4.78, 5) is 28.8. The third-order valence-electron chi connectivity index (χ3n) is 7.12. The van der Waals surface area contributed by atoms with E-state index in [4.69, 9.17) is 4.74 Å². The molecule has 0 aromatic carbocycles. The van der Waals surface area contributed by atoms with Crippen LogP contribution in [0.1, 0.15) is 31.0 Å². The van der Waals surface area contributed by atoms with E-state index >= 15 is 0 Å². The number of amides is 1. The number of carbonyl (C=O) groups is 2. The number of tetrazole rings is 1. The quantitative estimate of drug-likeness (QED) is 0.584. The van der Waals surface area contributed by atoms with Crippen LogP contribution < -0.4 is 0 Å². The van der Waals surface area contributed by atoms with E-state index in [1.165, 1.54) is 11.0 Å². The van der Waals surface area contributed by atoms with Crippen molar-refractivity contribution in [1.82, 2.24) is 40.2 Å². The van der Waals surface area contributed by atoms with Gasteiger partial charge in [0.05, 0.1) is 28.5 Å². The Morgan fingerprint density at radius 3 is 2.70 bits per heavy atom. The van der Waals surface area contributed by atoms with Crippen molar-refractivity contribution in [3.63, 3.8) is 0 Å². The van der Waals surface area contributed by atoms with Crippen LogP contribution in [0.15, 0.2) is 23.7 Å². The molecule has 3 aliphatic rings. The highest BCUT2D eigenvalue weighted by atomic mass is 16.5. The summed E-state index contributed by atoms with van der Waals surface area (Å²) in [7, 11) is 0. The van der Waals surface area contributed by atoms with Gasteiger partial charge in [0.25, 0.3) is 0 Å². The summed E-state index contributed by atoms with van der Waals surface area (Å²) < 4.78 is 6.53. The first kappa shape index (κ1) is 21.6. The number of aliphatic hydroxyl groups is 1. The predicted octanol–water partition coefficient (Wildman–Crippen LogP) is -0.581. The average molecular weight is 454 g/mol. The van der Waals surface area contributed by atoms with Gasteiger partial charge in [0.1, 0.15) is 12.9 Å². The summed E-state index contributed by atoms with van der Waals surface area (Å²) >= 11 is 0. The summed E-state index contributed by atoms with van der Waals surface area (Å²) in [5, 5.41) is 30.6. The van der Waals surface area contributed by atoms with Crippen LogP contribution in [-0.4, -0.2) is 96.1 Å². The van der Waals surface area contributed by atoms with E-state index in [0.717, 1.165) is 11.3 Å². The van der Waals surface area contributed by atoms with E-state index in [0.29, 0.717) is 62.5 Å². The number of esters is 1. The van der Waals surface area contributed by atoms with Gasteiger partial charge in [0, 0.05) is 26.1 Å². The van der Waals surface area contributed by atoms with E-state index < -0.39 is 11.5 Å². The molecule has 33 heavy (non-hydrogen) atoms. The Morgan fingerprint density at radius 2 is 2.03 bits per heavy atom. The summed E-state index contributed by atoms with van der Waals surface area (Å²) in [6.45, 7) is 6.11. The Bertz CT molecular complexity index is 1120. The van der Waals surface area contributed by atoms with Gasteiger partial charge in [-0.3, -0.25) is 4.79 Å². The molecule has 174 valence electrons. The van der Waals surface area contributed by atoms with Crippen LogP contribution in [0.25, 0.3) is 5.82 Å². The Labute approximate surface area is 190 Å². The molecule has 1 amide bonds. The Balaban J connectivity index is 1.21. The second-order valence-corrected chi connectivity index (χ2v) is 8.91. The first-order valence-electron chi connectivity index (χ1n) is 11.0. The van der Waals surface area contributed by atoms with Crippen LogP contribution in [0.4, 0.5) is 0 Å². The molecule has 2 saturated heterocycles. The lowest BCUT2D eigenvalue weighted by Gasteiger charge is -2.42. The molecular weight excluding hydrogens is 428 g/mol. The maximum Gasteiger partial charge on any atom is 0.336 e. The lowest BCUT2D eigenvalue weighted by atomic mass is 9.74. The number of aryl methyl sites for hydroxylation is 1. The molecule has 0 aliphatic carbocycles. The molecular formula is C21H26N8O4. The highest BCUT2D eigenvalue weighted by molar-refractivity contribution is 5.94. The zero-order valence-corrected chi connectivity index (χ0v) is 18.6. The van der Waals surface area contributed by atoms with Crippen LogP contribution in [-0.2, 0) is 20.7 Å². The number of β-amino-alcohol motifs (C(OH)–C–C–N with tert-alkyl or cyclic N) is 1. The average Bonchev–Trinajstić information content (AvgIpc) is 3.52. The van der Waals surface area contributed by atoms with Gasteiger partial charge in [-0.1, -0.05) is 0 Å². The summed E-state index contributed by atoms with van der Waals surface area (Å²) in [5.41, 5.74) is 2.19. The van der Waals surface area contributed by atoms with Crippen LogP contribution in [0.2, 0.25) is 0 Å². The number of nitrogens with zero attached hydrogens (tertiary/aromatic N) is 8. The van der Waals surface area contributed by atoms with Gasteiger partial charge in [-0.2, -0.15) is 9.78 Å². The van der Waals surface area contributed by atoms with Crippen LogP contribution in [0.3, 0.4) is 0 Å². The minimum atomic E-state index is -0.793. The molecule has 0 saturated carbocycles. The van der Waals surface area contributed by atoms with Gasteiger partial charge in [-0.25, -0.2) is 4.79 Å². The van der Waals surface area contributed by atoms with Crippen LogP contribution in [0.5, 0.6) is 0 Å². The van der Waals surface area contributed by atoms with Crippen molar-refractivity contribution in [1.29, 1.82) is 0 Å². The predicted molar refractivity (Wildman–Crippen MR) is 113 cm³/mol. The number of carbonyl (C=O) groups excluding carboxylic acids is 2. The third-order valence-corrected chi connectivity index (χ3v) is 7.12. The number of piperidine rings is 1. The molecule has 12 heteroatoms. The maximum atomic E-state index is 13.3. The maximum absolute atomic E-state index is 13.3. The fourth-order valence-corrected chi connectivity index (χ4v) is 4.96. The lowest BCUT2D eigenvalue weighted by molar-refractivity contribution is -0.146. The minimum Gasteiger partial charge on any atom is -0.456 e. The smallest absolute Gasteiger partial charge is 0.336 e. The summed E-state index contributed by atoms with van der Waals surface area (Å²) in [6.07, 6.45) is 2.54. The first-order valence-corrected chi connectivity index (χ1v) is 11.0. The number of cyclic esters (lactones) is 1. The molecule has 3 aliphatic heterocycles. The molecule has 1 spiro atoms. The highest BCUT2D eigenvalue weighted by Crippen LogP contribution is 2.43. The zero-order valence-electron chi connectivity index (χ0n) is 18.6. The van der Waals surface area contributed by atoms with Crippen molar-refractivity contribution in [3.8, 4) is 5.82 Å². The number of hydrogen-bond acceptors (Lipinski definition) is 10. The third kappa shape index (κ3) is 3.68. The molecule has 12 nitrogen and oxygen atoms in total. The van der Waals surface area contributed by atoms with Gasteiger partial charge in [0.15, 0.2) is 5.82 Å². The van der Waals surface area contributed by atoms with Crippen LogP contribution >= 0.6 is 0 Å². The Kier molecular flexibility index (Phi) is 5.41. The number of aromatic nitrogens is 6. The Morgan fingerprint density at radius 1 is 1.21 bits per heavy atom. The topological polar surface area (TPSA) is 139 Å². The molecule has 2 aromatic rings. The highest BCUT2D eigenvalue weighted by Gasteiger charge is 2.55. The number of hydrogen-bond donors (Lipinski definition) is 1. The Hall–Kier alpha value is -3.25. The summed E-state index contributed by atoms with van der Waals surface area (Å²) in [5.74, 6) is 0.0845. The van der Waals surface area contributed by atoms with Crippen LogP contribution in [0, 0.1) is 12.3 Å². The van der Waals surface area contributed by atoms with Gasteiger partial charge >= 0.3 is 5.97 Å². The first-order chi connectivity index (χ1) is 15.9. The fourth-order valence-electron chi connectivity index (χ4n) is 4.96. The molecule has 2 unspecified atom stereocenters. The van der Waals surface area contributed by atoms with E-state index in [1.807, 2.05) is 13.0 Å². The van der Waals surface area contributed by atoms with E-state index in [-0.39, 0.29) is 18.5 Å². The van der Waals surface area contributed by atoms with Crippen molar-refractivity contribution >= 4 is 11.9 Å². The standard InChI is InChI=1S/C21H26N8O4/c1-13-9-18(29-12-22-25-26-29)24-23-15(13)3-6-27-7-4-21(17(30)10-27)5-8-28(20(21)32)16-11-33-19(31)14(16)2/h9,12,17,30H,3-8,10-11H2,1-2H3. The molecule has 2 atom stereocenters. The second kappa shape index (κ2) is 8.27. The van der Waals surface area contributed by atoms with E-state index in [1.54, 1.807) is 11.8 Å². The largest absolute Gasteiger partial charge is 0.456 e. The normalized spacial score (nSPS) is 26.0. The van der Waals surface area contributed by atoms with Crippen molar-refractivity contribution in [2.24, 2.45) is 5.41 Å². The van der Waals surface area contributed by atoms with Gasteiger partial charge in [0.2, 0.25) is 5.91 Å². The summed E-state index contributed by atoms with van der Waals surface area (Å²) in [6, 6.07) is 1.89. The molecule has 2 aromatic heterocycles. The van der Waals surface area contributed by atoms with Crippen molar-refractivity contribution in [2.75, 3.05) is 32.8 Å². The number of aliphatic hydroxyl groups excluding tert-OH is 1. The number of ether oxygens (including phenoxy) is 1. The van der Waals surface area contributed by atoms with E-state index in [2.05, 4.69) is 30.6 Å². The van der Waals surface area contributed by atoms with Crippen molar-refractivity contribution in [3.05, 3.63) is 34.9 Å².